The number of carbonyl (C=O) groups is 2. The van der Waals surface area contributed by atoms with E-state index < -0.39 is 0 Å². The van der Waals surface area contributed by atoms with E-state index in [-0.39, 0.29) is 33.7 Å². The van der Waals surface area contributed by atoms with Gasteiger partial charge >= 0.3 is 5.97 Å². The average molecular weight is 680 g/mol. The van der Waals surface area contributed by atoms with Crippen LogP contribution in [0, 0.1) is 62.6 Å². The molecule has 6 aliphatic carbocycles. The Balaban J connectivity index is 1.01. The van der Waals surface area contributed by atoms with E-state index in [1.165, 1.54) is 57.8 Å². The number of esters is 1. The molecule has 276 valence electrons. The predicted molar refractivity (Wildman–Crippen MR) is 193 cm³/mol. The van der Waals surface area contributed by atoms with E-state index in [1.807, 2.05) is 0 Å². The highest BCUT2D eigenvalue weighted by molar-refractivity contribution is 5.84. The van der Waals surface area contributed by atoms with Crippen LogP contribution in [0.5, 0.6) is 0 Å². The Labute approximate surface area is 297 Å². The monoisotopic (exact) mass is 680 g/mol. The van der Waals surface area contributed by atoms with Crippen LogP contribution in [0.2, 0.25) is 0 Å². The molecular weight excluding hydrogens is 610 g/mol. The fourth-order valence-corrected chi connectivity index (χ4v) is 15.1. The van der Waals surface area contributed by atoms with Gasteiger partial charge in [-0.1, -0.05) is 34.6 Å². The number of ether oxygens (including phenoxy) is 2. The zero-order valence-corrected chi connectivity index (χ0v) is 32.1. The number of carbonyl (C=O) groups excluding carboxylic acids is 2. The fourth-order valence-electron chi connectivity index (χ4n) is 15.1. The van der Waals surface area contributed by atoms with Crippen molar-refractivity contribution in [3.8, 4) is 0 Å². The summed E-state index contributed by atoms with van der Waals surface area (Å²) in [6.45, 7) is 24.4. The highest BCUT2D eigenvalue weighted by atomic mass is 16.5. The van der Waals surface area contributed by atoms with Gasteiger partial charge in [0, 0.05) is 64.7 Å². The van der Waals surface area contributed by atoms with Gasteiger partial charge in [0.2, 0.25) is 5.91 Å². The van der Waals surface area contributed by atoms with Crippen molar-refractivity contribution in [2.45, 2.75) is 125 Å². The number of nitrogens with zero attached hydrogens (tertiary/aromatic N) is 3. The third-order valence-electron chi connectivity index (χ3n) is 17.9. The van der Waals surface area contributed by atoms with Crippen molar-refractivity contribution in [3.05, 3.63) is 0 Å². The molecule has 8 aliphatic rings. The maximum atomic E-state index is 15.1. The van der Waals surface area contributed by atoms with Crippen molar-refractivity contribution in [1.82, 2.24) is 14.7 Å². The molecule has 0 bridgehead atoms. The van der Waals surface area contributed by atoms with Crippen LogP contribution < -0.4 is 0 Å². The summed E-state index contributed by atoms with van der Waals surface area (Å²) >= 11 is 0. The maximum absolute atomic E-state index is 15.1. The van der Waals surface area contributed by atoms with E-state index >= 15 is 4.79 Å². The lowest BCUT2D eigenvalue weighted by molar-refractivity contribution is -0.250. The van der Waals surface area contributed by atoms with E-state index in [0.29, 0.717) is 35.0 Å². The van der Waals surface area contributed by atoms with Crippen LogP contribution in [0.1, 0.15) is 119 Å². The summed E-state index contributed by atoms with van der Waals surface area (Å²) in [7, 11) is 0. The zero-order valence-electron chi connectivity index (χ0n) is 32.1. The van der Waals surface area contributed by atoms with Crippen molar-refractivity contribution in [3.63, 3.8) is 0 Å². The standard InChI is InChI=1S/C42H69N3O4/c1-29(46)49-35-13-14-39(4)33(38(35,2)3)12-15-41(6)34(39)10-9-32-36-31(30-7-8-30)11-16-42(36,18-17-40(32,41)5)37(47)45-23-21-43(22-24-45)19-20-44-25-27-48-28-26-44/h30-36H,7-28H2,1-6H3/t31-,32+,33-,34+,35-,36+,39-,40+,41+,42-/m0/s1. The number of rotatable bonds is 6. The van der Waals surface area contributed by atoms with Crippen molar-refractivity contribution in [2.24, 2.45) is 62.6 Å². The molecule has 6 saturated carbocycles. The van der Waals surface area contributed by atoms with Gasteiger partial charge in [-0.15, -0.1) is 0 Å². The second kappa shape index (κ2) is 12.5. The number of piperazine rings is 1. The molecule has 7 heteroatoms. The fraction of sp³-hybridized carbons (Fsp3) is 0.952. The minimum absolute atomic E-state index is 0.000934. The minimum Gasteiger partial charge on any atom is -0.462 e. The Morgan fingerprint density at radius 2 is 1.39 bits per heavy atom. The highest BCUT2D eigenvalue weighted by Gasteiger charge is 2.73. The summed E-state index contributed by atoms with van der Waals surface area (Å²) in [6, 6.07) is 0. The summed E-state index contributed by atoms with van der Waals surface area (Å²) in [6.07, 6.45) is 14.9. The van der Waals surface area contributed by atoms with Crippen LogP contribution in [0.15, 0.2) is 0 Å². The van der Waals surface area contributed by atoms with Crippen molar-refractivity contribution in [2.75, 3.05) is 65.6 Å². The summed E-state index contributed by atoms with van der Waals surface area (Å²) in [5, 5.41) is 0. The van der Waals surface area contributed by atoms with Gasteiger partial charge in [-0.05, 0) is 129 Å². The van der Waals surface area contributed by atoms with Crippen molar-refractivity contribution < 1.29 is 19.1 Å². The molecular formula is C42H69N3O4. The lowest BCUT2D eigenvalue weighted by Crippen LogP contribution is -2.68. The molecule has 8 rings (SSSR count). The number of hydrogen-bond donors (Lipinski definition) is 0. The Hall–Kier alpha value is -1.18. The first-order valence-corrected chi connectivity index (χ1v) is 20.8. The van der Waals surface area contributed by atoms with Gasteiger partial charge in [0.05, 0.1) is 18.6 Å². The van der Waals surface area contributed by atoms with E-state index in [4.69, 9.17) is 9.47 Å². The summed E-state index contributed by atoms with van der Waals surface area (Å²) in [5.74, 6) is 4.59. The lowest BCUT2D eigenvalue weighted by Gasteiger charge is -2.73. The van der Waals surface area contributed by atoms with Gasteiger partial charge in [0.15, 0.2) is 0 Å². The van der Waals surface area contributed by atoms with E-state index in [2.05, 4.69) is 49.3 Å². The van der Waals surface area contributed by atoms with Crippen LogP contribution in [0.3, 0.4) is 0 Å². The molecule has 8 fully saturated rings. The number of fused-ring (bicyclic) bond motifs is 7. The van der Waals surface area contributed by atoms with Gasteiger partial charge in [-0.2, -0.15) is 0 Å². The lowest BCUT2D eigenvalue weighted by atomic mass is 9.32. The second-order valence-corrected chi connectivity index (χ2v) is 19.9. The number of hydrogen-bond acceptors (Lipinski definition) is 6. The van der Waals surface area contributed by atoms with Crippen LogP contribution >= 0.6 is 0 Å². The minimum atomic E-state index is -0.123. The Morgan fingerprint density at radius 1 is 0.694 bits per heavy atom. The molecule has 49 heavy (non-hydrogen) atoms. The molecule has 0 aromatic rings. The summed E-state index contributed by atoms with van der Waals surface area (Å²) in [4.78, 5) is 34.7. The molecule has 2 saturated heterocycles. The number of morpholine rings is 1. The molecule has 7 nitrogen and oxygen atoms in total. The quantitative estimate of drug-likeness (QED) is 0.285. The average Bonchev–Trinajstić information content (AvgIpc) is 3.85. The van der Waals surface area contributed by atoms with Gasteiger partial charge in [0.1, 0.15) is 6.10 Å². The van der Waals surface area contributed by atoms with Gasteiger partial charge in [-0.3, -0.25) is 19.4 Å². The van der Waals surface area contributed by atoms with Gasteiger partial charge in [-0.25, -0.2) is 0 Å². The summed E-state index contributed by atoms with van der Waals surface area (Å²) < 4.78 is 11.6. The van der Waals surface area contributed by atoms with Crippen molar-refractivity contribution >= 4 is 11.9 Å². The first-order valence-electron chi connectivity index (χ1n) is 20.8. The van der Waals surface area contributed by atoms with Gasteiger partial charge in [0.25, 0.3) is 0 Å². The van der Waals surface area contributed by atoms with Crippen LogP contribution in [-0.4, -0.2) is 98.3 Å². The second-order valence-electron chi connectivity index (χ2n) is 19.9. The highest BCUT2D eigenvalue weighted by Crippen LogP contribution is 2.78. The SMILES string of the molecule is CC(=O)O[C@H]1CC[C@]2(C)[C@H]3CC[C@@H]4[C@H]5[C@H](C6CC6)CC[C@]5(C(=O)N5CCN(CCN6CCOCC6)CC5)CC[C@@]4(C)[C@]3(C)CC[C@H]2C1(C)C. The van der Waals surface area contributed by atoms with E-state index in [9.17, 15) is 4.79 Å². The maximum Gasteiger partial charge on any atom is 0.302 e. The molecule has 0 radical (unpaired) electrons. The molecule has 0 aromatic heterocycles. The first kappa shape index (κ1) is 34.9. The number of amides is 1. The topological polar surface area (TPSA) is 62.3 Å². The van der Waals surface area contributed by atoms with Gasteiger partial charge < -0.3 is 14.4 Å². The molecule has 0 aromatic carbocycles. The smallest absolute Gasteiger partial charge is 0.302 e. The van der Waals surface area contributed by atoms with E-state index in [1.54, 1.807) is 6.92 Å². The largest absolute Gasteiger partial charge is 0.462 e. The zero-order chi connectivity index (χ0) is 34.4. The van der Waals surface area contributed by atoms with Crippen LogP contribution in [0.25, 0.3) is 0 Å². The Kier molecular flexibility index (Phi) is 8.87. The van der Waals surface area contributed by atoms with Crippen LogP contribution in [-0.2, 0) is 19.1 Å². The third kappa shape index (κ3) is 5.41. The van der Waals surface area contributed by atoms with Crippen molar-refractivity contribution in [1.29, 1.82) is 0 Å². The first-order chi connectivity index (χ1) is 23.3. The molecule has 0 N–H and O–H groups in total. The molecule has 10 atom stereocenters. The third-order valence-corrected chi connectivity index (χ3v) is 17.9. The molecule has 2 heterocycles. The predicted octanol–water partition coefficient (Wildman–Crippen LogP) is 6.89. The summed E-state index contributed by atoms with van der Waals surface area (Å²) in [5.41, 5.74) is 0.732. The Morgan fingerprint density at radius 3 is 2.06 bits per heavy atom. The molecule has 0 spiro atoms. The molecule has 2 aliphatic heterocycles. The van der Waals surface area contributed by atoms with Crippen LogP contribution in [0.4, 0.5) is 0 Å². The normalized spacial score (nSPS) is 47.0. The van der Waals surface area contributed by atoms with E-state index in [0.717, 1.165) is 96.7 Å². The molecule has 1 amide bonds. The molecule has 0 unspecified atom stereocenters. The Bertz CT molecular complexity index is 1270.